The zero-order valence-electron chi connectivity index (χ0n) is 23.2. The Morgan fingerprint density at radius 3 is 2.38 bits per heavy atom. The molecule has 1 saturated heterocycles. The Bertz CT molecular complexity index is 1310. The van der Waals surface area contributed by atoms with Gasteiger partial charge in [-0.1, -0.05) is 12.1 Å². The van der Waals surface area contributed by atoms with Gasteiger partial charge in [0, 0.05) is 18.8 Å². The molecule has 212 valence electrons. The molecule has 0 bridgehead atoms. The van der Waals surface area contributed by atoms with E-state index in [2.05, 4.69) is 10.6 Å². The lowest BCUT2D eigenvalue weighted by Gasteiger charge is -2.32. The maximum Gasteiger partial charge on any atom is 0.287 e. The van der Waals surface area contributed by atoms with Gasteiger partial charge in [0.2, 0.25) is 11.8 Å². The molecule has 2 N–H and O–H groups in total. The van der Waals surface area contributed by atoms with Crippen LogP contribution in [0.3, 0.4) is 0 Å². The lowest BCUT2D eigenvalue weighted by Crippen LogP contribution is -2.48. The van der Waals surface area contributed by atoms with Gasteiger partial charge in [-0.05, 0) is 79.8 Å². The van der Waals surface area contributed by atoms with Crippen molar-refractivity contribution in [3.05, 3.63) is 77.2 Å². The molecule has 3 aromatic rings. The van der Waals surface area contributed by atoms with E-state index in [4.69, 9.17) is 18.6 Å². The number of anilines is 1. The van der Waals surface area contributed by atoms with Gasteiger partial charge in [-0.2, -0.15) is 0 Å². The van der Waals surface area contributed by atoms with Gasteiger partial charge in [-0.25, -0.2) is 0 Å². The number of nitrogens with one attached hydrogen (secondary N) is 2. The summed E-state index contributed by atoms with van der Waals surface area (Å²) in [5.74, 6) is -0.444. The lowest BCUT2D eigenvalue weighted by atomic mass is 10.0. The van der Waals surface area contributed by atoms with Gasteiger partial charge >= 0.3 is 0 Å². The Labute approximate surface area is 233 Å². The molecule has 10 heteroatoms. The van der Waals surface area contributed by atoms with Crippen molar-refractivity contribution >= 4 is 23.4 Å². The predicted octanol–water partition coefficient (Wildman–Crippen LogP) is 3.71. The van der Waals surface area contributed by atoms with Crippen LogP contribution in [-0.4, -0.2) is 57.7 Å². The highest BCUT2D eigenvalue weighted by molar-refractivity contribution is 6.04. The van der Waals surface area contributed by atoms with Crippen LogP contribution in [0.25, 0.3) is 0 Å². The summed E-state index contributed by atoms with van der Waals surface area (Å²) >= 11 is 0. The molecule has 0 spiro atoms. The van der Waals surface area contributed by atoms with Crippen LogP contribution >= 0.6 is 0 Å². The minimum Gasteiger partial charge on any atom is -0.493 e. The minimum atomic E-state index is -1.09. The van der Waals surface area contributed by atoms with Gasteiger partial charge in [0.1, 0.15) is 6.04 Å². The summed E-state index contributed by atoms with van der Waals surface area (Å²) in [6.45, 7) is 4.44. The molecule has 1 aliphatic heterocycles. The average Bonchev–Trinajstić information content (AvgIpc) is 3.67. The summed E-state index contributed by atoms with van der Waals surface area (Å²) in [5, 5.41) is 5.59. The third-order valence-electron chi connectivity index (χ3n) is 6.66. The fraction of sp³-hybridized carbons (Fsp3) is 0.367. The van der Waals surface area contributed by atoms with Gasteiger partial charge in [0.25, 0.3) is 5.91 Å². The number of furan rings is 1. The van der Waals surface area contributed by atoms with Crippen LogP contribution in [0.4, 0.5) is 5.69 Å². The number of benzene rings is 2. The first-order valence-corrected chi connectivity index (χ1v) is 13.1. The highest BCUT2D eigenvalue weighted by Gasteiger charge is 2.34. The van der Waals surface area contributed by atoms with Crippen LogP contribution in [0.2, 0.25) is 0 Å². The molecule has 3 amide bonds. The first kappa shape index (κ1) is 28.7. The topological polar surface area (TPSA) is 119 Å². The van der Waals surface area contributed by atoms with Crippen molar-refractivity contribution in [1.82, 2.24) is 10.6 Å². The number of amides is 3. The zero-order valence-corrected chi connectivity index (χ0v) is 23.2. The van der Waals surface area contributed by atoms with E-state index in [1.54, 1.807) is 24.3 Å². The second-order valence-corrected chi connectivity index (χ2v) is 9.67. The Hall–Kier alpha value is -4.31. The second kappa shape index (κ2) is 13.2. The molecule has 2 heterocycles. The quantitative estimate of drug-likeness (QED) is 0.374. The van der Waals surface area contributed by atoms with E-state index in [-0.39, 0.29) is 18.4 Å². The fourth-order valence-corrected chi connectivity index (χ4v) is 4.82. The maximum atomic E-state index is 13.9. The Balaban J connectivity index is 1.74. The highest BCUT2D eigenvalue weighted by atomic mass is 16.5. The minimum absolute atomic E-state index is 0.0801. The summed E-state index contributed by atoms with van der Waals surface area (Å²) in [6, 6.07) is 12.7. The Kier molecular flexibility index (Phi) is 9.44. The van der Waals surface area contributed by atoms with Gasteiger partial charge in [0.15, 0.2) is 17.3 Å². The molecule has 10 nitrogen and oxygen atoms in total. The van der Waals surface area contributed by atoms with Crippen LogP contribution < -0.4 is 25.0 Å². The highest BCUT2D eigenvalue weighted by Crippen LogP contribution is 2.35. The van der Waals surface area contributed by atoms with E-state index in [1.165, 1.54) is 31.4 Å². The number of methoxy groups -OCH3 is 2. The molecule has 0 radical (unpaired) electrons. The molecule has 0 saturated carbocycles. The van der Waals surface area contributed by atoms with Crippen LogP contribution in [-0.2, 0) is 14.3 Å². The number of rotatable bonds is 11. The first-order valence-electron chi connectivity index (χ1n) is 13.1. The molecule has 0 aliphatic carbocycles. The largest absolute Gasteiger partial charge is 0.493 e. The van der Waals surface area contributed by atoms with Gasteiger partial charge in [0.05, 0.1) is 33.1 Å². The normalized spacial score (nSPS) is 15.2. The van der Waals surface area contributed by atoms with Crippen molar-refractivity contribution in [2.45, 2.75) is 38.8 Å². The molecule has 1 aliphatic rings. The molecule has 0 unspecified atom stereocenters. The van der Waals surface area contributed by atoms with E-state index >= 15 is 0 Å². The van der Waals surface area contributed by atoms with Gasteiger partial charge < -0.3 is 29.3 Å². The van der Waals surface area contributed by atoms with E-state index in [1.807, 2.05) is 32.0 Å². The van der Waals surface area contributed by atoms with E-state index in [0.717, 1.165) is 24.0 Å². The fourth-order valence-electron chi connectivity index (χ4n) is 4.82. The Morgan fingerprint density at radius 1 is 1.00 bits per heavy atom. The third-order valence-corrected chi connectivity index (χ3v) is 6.66. The standard InChI is InChI=1S/C30H35N3O7/c1-19-13-20(2)15-22(14-19)33(27(34)18-32-29(35)25-8-6-12-40-25)28(30(36)31-17-23-7-5-11-39-23)21-9-10-24(37-3)26(16-21)38-4/h6,8-10,12-16,23,28H,5,7,11,17-18H2,1-4H3,(H,31,36)(H,32,35)/t23-,28+/m0/s1. The van der Waals surface area contributed by atoms with Crippen molar-refractivity contribution in [3.63, 3.8) is 0 Å². The molecule has 40 heavy (non-hydrogen) atoms. The number of nitrogens with zero attached hydrogens (tertiary/aromatic N) is 1. The van der Waals surface area contributed by atoms with Crippen LogP contribution in [0.15, 0.2) is 59.2 Å². The zero-order chi connectivity index (χ0) is 28.6. The van der Waals surface area contributed by atoms with Gasteiger partial charge in [-0.15, -0.1) is 0 Å². The van der Waals surface area contributed by atoms with Gasteiger partial charge in [-0.3, -0.25) is 19.3 Å². The first-order chi connectivity index (χ1) is 19.3. The summed E-state index contributed by atoms with van der Waals surface area (Å²) in [7, 11) is 3.03. The van der Waals surface area contributed by atoms with Crippen molar-refractivity contribution in [2.75, 3.05) is 38.8 Å². The van der Waals surface area contributed by atoms with Crippen LogP contribution in [0.5, 0.6) is 11.5 Å². The van der Waals surface area contributed by atoms with Crippen molar-refractivity contribution in [2.24, 2.45) is 0 Å². The Morgan fingerprint density at radius 2 is 1.75 bits per heavy atom. The van der Waals surface area contributed by atoms with E-state index < -0.39 is 23.8 Å². The average molecular weight is 550 g/mol. The number of carbonyl (C=O) groups excluding carboxylic acids is 3. The second-order valence-electron chi connectivity index (χ2n) is 9.67. The number of hydrogen-bond donors (Lipinski definition) is 2. The summed E-state index contributed by atoms with van der Waals surface area (Å²) in [6.07, 6.45) is 3.07. The van der Waals surface area contributed by atoms with Crippen molar-refractivity contribution in [3.8, 4) is 11.5 Å². The van der Waals surface area contributed by atoms with Crippen LogP contribution in [0, 0.1) is 13.8 Å². The SMILES string of the molecule is COc1ccc([C@H](C(=O)NC[C@@H]2CCCO2)N(C(=O)CNC(=O)c2ccco2)c2cc(C)cc(C)c2)cc1OC. The summed E-state index contributed by atoms with van der Waals surface area (Å²) in [4.78, 5) is 41.8. The monoisotopic (exact) mass is 549 g/mol. The van der Waals surface area contributed by atoms with Crippen molar-refractivity contribution in [1.29, 1.82) is 0 Å². The number of hydrogen-bond acceptors (Lipinski definition) is 7. The summed E-state index contributed by atoms with van der Waals surface area (Å²) in [5.41, 5.74) is 2.85. The van der Waals surface area contributed by atoms with Crippen molar-refractivity contribution < 1.29 is 33.0 Å². The van der Waals surface area contributed by atoms with Crippen LogP contribution in [0.1, 0.15) is 46.1 Å². The molecule has 1 aromatic heterocycles. The van der Waals surface area contributed by atoms with E-state index in [9.17, 15) is 14.4 Å². The summed E-state index contributed by atoms with van der Waals surface area (Å²) < 4.78 is 21.7. The number of aryl methyl sites for hydroxylation is 2. The number of carbonyl (C=O) groups is 3. The predicted molar refractivity (Wildman–Crippen MR) is 149 cm³/mol. The molecule has 2 aromatic carbocycles. The third kappa shape index (κ3) is 6.81. The lowest BCUT2D eigenvalue weighted by molar-refractivity contribution is -0.126. The molecular formula is C30H35N3O7. The molecule has 1 fully saturated rings. The van der Waals surface area contributed by atoms with E-state index in [0.29, 0.717) is 35.9 Å². The molecule has 4 rings (SSSR count). The maximum absolute atomic E-state index is 13.9. The molecular weight excluding hydrogens is 514 g/mol. The smallest absolute Gasteiger partial charge is 0.287 e. The molecule has 2 atom stereocenters. The number of ether oxygens (including phenoxy) is 3.